The highest BCUT2D eigenvalue weighted by Gasteiger charge is 2.13. The third-order valence-corrected chi connectivity index (χ3v) is 4.17. The summed E-state index contributed by atoms with van der Waals surface area (Å²) in [5.74, 6) is 0.497. The molecule has 122 valence electrons. The van der Waals surface area contributed by atoms with E-state index in [9.17, 15) is 9.18 Å². The normalized spacial score (nSPS) is 11.8. The molecule has 0 spiro atoms. The molecule has 23 heavy (non-hydrogen) atoms. The summed E-state index contributed by atoms with van der Waals surface area (Å²) >= 11 is 1.73. The van der Waals surface area contributed by atoms with Crippen LogP contribution in [0.3, 0.4) is 0 Å². The van der Waals surface area contributed by atoms with Crippen LogP contribution in [0, 0.1) is 5.82 Å². The maximum atomic E-state index is 13.7. The molecule has 2 aromatic rings. The molecule has 0 aliphatic heterocycles. The van der Waals surface area contributed by atoms with Gasteiger partial charge < -0.3 is 10.1 Å². The summed E-state index contributed by atoms with van der Waals surface area (Å²) < 4.78 is 18.6. The van der Waals surface area contributed by atoms with E-state index in [1.54, 1.807) is 23.9 Å². The first kappa shape index (κ1) is 17.3. The fraction of sp³-hybridized carbons (Fsp3) is 0.278. The second kappa shape index (κ2) is 8.02. The highest BCUT2D eigenvalue weighted by Crippen LogP contribution is 2.22. The zero-order chi connectivity index (χ0) is 16.8. The van der Waals surface area contributed by atoms with Crippen LogP contribution in [-0.4, -0.2) is 19.3 Å². The minimum atomic E-state index is -0.437. The quantitative estimate of drug-likeness (QED) is 0.861. The van der Waals surface area contributed by atoms with Crippen molar-refractivity contribution in [3.8, 4) is 5.75 Å². The van der Waals surface area contributed by atoms with Crippen molar-refractivity contribution in [3.05, 3.63) is 65.0 Å². The number of thioether (sulfide) groups is 1. The van der Waals surface area contributed by atoms with Gasteiger partial charge in [0.05, 0.1) is 13.2 Å². The number of hydrogen-bond donors (Lipinski definition) is 1. The standard InChI is InChI=1S/C18H20FNO2S/c1-12(15-8-9-17(22-2)16(19)10-15)20-18(21)14-6-4-13(5-7-14)11-23-3/h4-10,12H,11H2,1-3H3,(H,20,21)/t12-/m1/s1. The van der Waals surface area contributed by atoms with Crippen molar-refractivity contribution in [1.29, 1.82) is 0 Å². The average molecular weight is 333 g/mol. The summed E-state index contributed by atoms with van der Waals surface area (Å²) in [4.78, 5) is 12.3. The lowest BCUT2D eigenvalue weighted by atomic mass is 10.1. The van der Waals surface area contributed by atoms with Crippen molar-refractivity contribution in [2.75, 3.05) is 13.4 Å². The topological polar surface area (TPSA) is 38.3 Å². The van der Waals surface area contributed by atoms with E-state index >= 15 is 0 Å². The first-order valence-corrected chi connectivity index (χ1v) is 8.66. The fourth-order valence-corrected chi connectivity index (χ4v) is 2.76. The lowest BCUT2D eigenvalue weighted by molar-refractivity contribution is 0.0940. The van der Waals surface area contributed by atoms with E-state index in [1.807, 2.05) is 37.4 Å². The molecule has 0 fully saturated rings. The predicted octanol–water partition coefficient (Wildman–Crippen LogP) is 4.19. The molecule has 0 unspecified atom stereocenters. The van der Waals surface area contributed by atoms with Crippen LogP contribution in [0.15, 0.2) is 42.5 Å². The minimum absolute atomic E-state index is 0.176. The van der Waals surface area contributed by atoms with E-state index in [2.05, 4.69) is 5.32 Å². The zero-order valence-corrected chi connectivity index (χ0v) is 14.2. The second-order valence-electron chi connectivity index (χ2n) is 5.22. The summed E-state index contributed by atoms with van der Waals surface area (Å²) in [6.45, 7) is 1.82. The van der Waals surface area contributed by atoms with Gasteiger partial charge in [0.25, 0.3) is 5.91 Å². The maximum absolute atomic E-state index is 13.7. The van der Waals surface area contributed by atoms with Crippen LogP contribution in [0.2, 0.25) is 0 Å². The van der Waals surface area contributed by atoms with Crippen LogP contribution >= 0.6 is 11.8 Å². The Morgan fingerprint density at radius 3 is 2.52 bits per heavy atom. The SMILES string of the molecule is COc1ccc([C@@H](C)NC(=O)c2ccc(CSC)cc2)cc1F. The Balaban J connectivity index is 2.05. The summed E-state index contributed by atoms with van der Waals surface area (Å²) in [7, 11) is 1.42. The van der Waals surface area contributed by atoms with Crippen molar-refractivity contribution < 1.29 is 13.9 Å². The second-order valence-corrected chi connectivity index (χ2v) is 6.09. The lowest BCUT2D eigenvalue weighted by Gasteiger charge is -2.15. The van der Waals surface area contributed by atoms with Gasteiger partial charge in [-0.2, -0.15) is 11.8 Å². The van der Waals surface area contributed by atoms with Gasteiger partial charge in [-0.05, 0) is 48.6 Å². The lowest BCUT2D eigenvalue weighted by Crippen LogP contribution is -2.26. The molecule has 1 amide bonds. The van der Waals surface area contributed by atoms with Crippen LogP contribution in [0.5, 0.6) is 5.75 Å². The van der Waals surface area contributed by atoms with Gasteiger partial charge in [0.15, 0.2) is 11.6 Å². The maximum Gasteiger partial charge on any atom is 0.251 e. The van der Waals surface area contributed by atoms with Gasteiger partial charge in [-0.25, -0.2) is 4.39 Å². The molecule has 0 aromatic heterocycles. The molecule has 0 aliphatic carbocycles. The molecule has 0 saturated carbocycles. The number of halogens is 1. The van der Waals surface area contributed by atoms with Gasteiger partial charge >= 0.3 is 0 Å². The predicted molar refractivity (Wildman–Crippen MR) is 92.5 cm³/mol. The Morgan fingerprint density at radius 1 is 1.26 bits per heavy atom. The van der Waals surface area contributed by atoms with E-state index in [-0.39, 0.29) is 17.7 Å². The third kappa shape index (κ3) is 4.48. The highest BCUT2D eigenvalue weighted by molar-refractivity contribution is 7.97. The van der Waals surface area contributed by atoms with E-state index in [1.165, 1.54) is 18.7 Å². The highest BCUT2D eigenvalue weighted by atomic mass is 32.2. The number of carbonyl (C=O) groups is 1. The molecule has 0 aliphatic rings. The first-order chi connectivity index (χ1) is 11.0. The number of rotatable bonds is 6. The Labute approximate surface area is 140 Å². The van der Waals surface area contributed by atoms with Gasteiger partial charge in [0, 0.05) is 11.3 Å². The fourth-order valence-electron chi connectivity index (χ4n) is 2.23. The van der Waals surface area contributed by atoms with E-state index < -0.39 is 5.82 Å². The van der Waals surface area contributed by atoms with Crippen LogP contribution in [0.25, 0.3) is 0 Å². The summed E-state index contributed by atoms with van der Waals surface area (Å²) in [6, 6.07) is 11.9. The van der Waals surface area contributed by atoms with Crippen molar-refractivity contribution in [2.24, 2.45) is 0 Å². The van der Waals surface area contributed by atoms with Crippen LogP contribution < -0.4 is 10.1 Å². The molecule has 2 rings (SSSR count). The molecule has 2 aromatic carbocycles. The number of nitrogens with one attached hydrogen (secondary N) is 1. The van der Waals surface area contributed by atoms with Crippen LogP contribution in [-0.2, 0) is 5.75 Å². The number of benzene rings is 2. The molecule has 0 radical (unpaired) electrons. The Kier molecular flexibility index (Phi) is 6.04. The van der Waals surface area contributed by atoms with Gasteiger partial charge in [-0.1, -0.05) is 18.2 Å². The molecule has 0 saturated heterocycles. The Bertz CT molecular complexity index is 673. The molecule has 5 heteroatoms. The monoisotopic (exact) mass is 333 g/mol. The van der Waals surface area contributed by atoms with Gasteiger partial charge in [-0.3, -0.25) is 4.79 Å². The molecule has 0 bridgehead atoms. The van der Waals surface area contributed by atoms with Gasteiger partial charge in [0.2, 0.25) is 0 Å². The molecule has 1 atom stereocenters. The molecule has 1 N–H and O–H groups in total. The smallest absolute Gasteiger partial charge is 0.251 e. The number of methoxy groups -OCH3 is 1. The molecule has 0 heterocycles. The summed E-state index contributed by atoms with van der Waals surface area (Å²) in [5, 5.41) is 2.88. The van der Waals surface area contributed by atoms with E-state index in [0.29, 0.717) is 11.1 Å². The van der Waals surface area contributed by atoms with Crippen molar-refractivity contribution in [1.82, 2.24) is 5.32 Å². The van der Waals surface area contributed by atoms with Crippen molar-refractivity contribution in [3.63, 3.8) is 0 Å². The molecule has 3 nitrogen and oxygen atoms in total. The van der Waals surface area contributed by atoms with Gasteiger partial charge in [-0.15, -0.1) is 0 Å². The van der Waals surface area contributed by atoms with E-state index in [0.717, 1.165) is 5.75 Å². The molecular formula is C18H20FNO2S. The zero-order valence-electron chi connectivity index (χ0n) is 13.4. The molecular weight excluding hydrogens is 313 g/mol. The Hall–Kier alpha value is -2.01. The van der Waals surface area contributed by atoms with Crippen LogP contribution in [0.4, 0.5) is 4.39 Å². The van der Waals surface area contributed by atoms with E-state index in [4.69, 9.17) is 4.74 Å². The largest absolute Gasteiger partial charge is 0.494 e. The van der Waals surface area contributed by atoms with Crippen molar-refractivity contribution >= 4 is 17.7 Å². The number of ether oxygens (including phenoxy) is 1. The van der Waals surface area contributed by atoms with Crippen LogP contribution in [0.1, 0.15) is 34.5 Å². The number of amides is 1. The Morgan fingerprint density at radius 2 is 1.96 bits per heavy atom. The third-order valence-electron chi connectivity index (χ3n) is 3.55. The summed E-state index contributed by atoms with van der Waals surface area (Å²) in [5.41, 5.74) is 2.46. The van der Waals surface area contributed by atoms with Gasteiger partial charge in [0.1, 0.15) is 0 Å². The van der Waals surface area contributed by atoms with Crippen molar-refractivity contribution in [2.45, 2.75) is 18.7 Å². The minimum Gasteiger partial charge on any atom is -0.494 e. The first-order valence-electron chi connectivity index (χ1n) is 7.27. The summed E-state index contributed by atoms with van der Waals surface area (Å²) in [6.07, 6.45) is 2.04. The number of hydrogen-bond acceptors (Lipinski definition) is 3. The average Bonchev–Trinajstić information content (AvgIpc) is 2.55. The number of carbonyl (C=O) groups excluding carboxylic acids is 1.